The molecule has 1 rings (SSSR count). The Labute approximate surface area is 83.1 Å². The van der Waals surface area contributed by atoms with Crippen molar-refractivity contribution in [1.29, 1.82) is 0 Å². The number of benzene rings is 1. The molecule has 14 heavy (non-hydrogen) atoms. The summed E-state index contributed by atoms with van der Waals surface area (Å²) in [6.45, 7) is 4.81. The maximum Gasteiger partial charge on any atom is 0.221 e. The molecule has 0 heterocycles. The van der Waals surface area contributed by atoms with Gasteiger partial charge in [-0.1, -0.05) is 11.6 Å². The zero-order chi connectivity index (χ0) is 10.7. The van der Waals surface area contributed by atoms with Crippen molar-refractivity contribution in [2.75, 3.05) is 5.32 Å². The molecule has 0 bridgehead atoms. The SMILES string of the molecule is CC(=O)Nc1ccc(C)cc1C(C)=O. The molecule has 0 aromatic heterocycles. The highest BCUT2D eigenvalue weighted by Crippen LogP contribution is 2.17. The number of hydrogen-bond acceptors (Lipinski definition) is 2. The van der Waals surface area contributed by atoms with Crippen LogP contribution in [0.2, 0.25) is 0 Å². The van der Waals surface area contributed by atoms with Crippen LogP contribution in [0.25, 0.3) is 0 Å². The number of aryl methyl sites for hydroxylation is 1. The number of hydrogen-bond donors (Lipinski definition) is 1. The van der Waals surface area contributed by atoms with Gasteiger partial charge in [-0.25, -0.2) is 0 Å². The van der Waals surface area contributed by atoms with Gasteiger partial charge in [0.1, 0.15) is 0 Å². The first kappa shape index (κ1) is 10.4. The van der Waals surface area contributed by atoms with E-state index in [1.54, 1.807) is 12.1 Å². The Kier molecular flexibility index (Phi) is 3.02. The first-order chi connectivity index (χ1) is 6.50. The lowest BCUT2D eigenvalue weighted by Gasteiger charge is -2.07. The predicted octanol–water partition coefficient (Wildman–Crippen LogP) is 2.16. The van der Waals surface area contributed by atoms with Gasteiger partial charge < -0.3 is 5.32 Å². The molecule has 0 aliphatic carbocycles. The summed E-state index contributed by atoms with van der Waals surface area (Å²) in [5.41, 5.74) is 2.14. The van der Waals surface area contributed by atoms with Crippen LogP contribution in [0.15, 0.2) is 18.2 Å². The van der Waals surface area contributed by atoms with Crippen molar-refractivity contribution in [3.8, 4) is 0 Å². The van der Waals surface area contributed by atoms with Crippen molar-refractivity contribution < 1.29 is 9.59 Å². The monoisotopic (exact) mass is 191 g/mol. The van der Waals surface area contributed by atoms with Gasteiger partial charge in [-0.05, 0) is 26.0 Å². The number of amides is 1. The van der Waals surface area contributed by atoms with E-state index in [0.29, 0.717) is 11.3 Å². The fraction of sp³-hybridized carbons (Fsp3) is 0.273. The van der Waals surface area contributed by atoms with Crippen LogP contribution in [0.5, 0.6) is 0 Å². The van der Waals surface area contributed by atoms with E-state index in [-0.39, 0.29) is 11.7 Å². The maximum atomic E-state index is 11.2. The summed E-state index contributed by atoms with van der Waals surface area (Å²) in [7, 11) is 0. The highest BCUT2D eigenvalue weighted by Gasteiger charge is 2.07. The highest BCUT2D eigenvalue weighted by molar-refractivity contribution is 6.03. The molecule has 0 aliphatic heterocycles. The van der Waals surface area contributed by atoms with Crippen molar-refractivity contribution >= 4 is 17.4 Å². The summed E-state index contributed by atoms with van der Waals surface area (Å²) < 4.78 is 0. The molecule has 0 atom stereocenters. The normalized spacial score (nSPS) is 9.64. The lowest BCUT2D eigenvalue weighted by Crippen LogP contribution is -2.09. The van der Waals surface area contributed by atoms with Crippen molar-refractivity contribution in [1.82, 2.24) is 0 Å². The van der Waals surface area contributed by atoms with Crippen LogP contribution in [0.3, 0.4) is 0 Å². The van der Waals surface area contributed by atoms with Gasteiger partial charge in [-0.3, -0.25) is 9.59 Å². The van der Waals surface area contributed by atoms with Crippen LogP contribution in [-0.2, 0) is 4.79 Å². The molecule has 74 valence electrons. The zero-order valence-electron chi connectivity index (χ0n) is 8.55. The van der Waals surface area contributed by atoms with Gasteiger partial charge >= 0.3 is 0 Å². The molecular formula is C11H13NO2. The summed E-state index contributed by atoms with van der Waals surface area (Å²) in [5.74, 6) is -0.214. The molecule has 0 saturated heterocycles. The molecule has 1 aromatic rings. The van der Waals surface area contributed by atoms with E-state index >= 15 is 0 Å². The number of anilines is 1. The van der Waals surface area contributed by atoms with E-state index in [1.165, 1.54) is 13.8 Å². The van der Waals surface area contributed by atoms with Gasteiger partial charge in [0, 0.05) is 12.5 Å². The predicted molar refractivity (Wildman–Crippen MR) is 55.5 cm³/mol. The fourth-order valence-electron chi connectivity index (χ4n) is 1.25. The average Bonchev–Trinajstić information content (AvgIpc) is 2.07. The summed E-state index contributed by atoms with van der Waals surface area (Å²) in [6, 6.07) is 5.37. The van der Waals surface area contributed by atoms with Gasteiger partial charge in [0.05, 0.1) is 5.69 Å². The second-order valence-corrected chi connectivity index (χ2v) is 3.29. The number of nitrogens with one attached hydrogen (secondary N) is 1. The molecule has 3 nitrogen and oxygen atoms in total. The Morgan fingerprint density at radius 2 is 1.86 bits per heavy atom. The average molecular weight is 191 g/mol. The first-order valence-corrected chi connectivity index (χ1v) is 4.40. The standard InChI is InChI=1S/C11H13NO2/c1-7-4-5-11(12-9(3)14)10(6-7)8(2)13/h4-6H,1-3H3,(H,12,14). The Balaban J connectivity index is 3.14. The molecule has 1 aromatic carbocycles. The van der Waals surface area contributed by atoms with E-state index in [1.807, 2.05) is 13.0 Å². The number of ketones is 1. The van der Waals surface area contributed by atoms with E-state index in [9.17, 15) is 9.59 Å². The molecule has 0 radical (unpaired) electrons. The van der Waals surface area contributed by atoms with Crippen LogP contribution >= 0.6 is 0 Å². The Morgan fingerprint density at radius 3 is 2.36 bits per heavy atom. The largest absolute Gasteiger partial charge is 0.326 e. The fourth-order valence-corrected chi connectivity index (χ4v) is 1.25. The minimum absolute atomic E-state index is 0.0440. The summed E-state index contributed by atoms with van der Waals surface area (Å²) in [5, 5.41) is 2.62. The second-order valence-electron chi connectivity index (χ2n) is 3.29. The Morgan fingerprint density at radius 1 is 1.21 bits per heavy atom. The van der Waals surface area contributed by atoms with E-state index < -0.39 is 0 Å². The molecule has 0 unspecified atom stereocenters. The third-order valence-electron chi connectivity index (χ3n) is 1.87. The molecule has 0 saturated carbocycles. The van der Waals surface area contributed by atoms with E-state index in [2.05, 4.69) is 5.32 Å². The summed E-state index contributed by atoms with van der Waals surface area (Å²) in [4.78, 5) is 22.1. The topological polar surface area (TPSA) is 46.2 Å². The number of carbonyl (C=O) groups is 2. The molecule has 0 aliphatic rings. The molecule has 1 amide bonds. The van der Waals surface area contributed by atoms with E-state index in [0.717, 1.165) is 5.56 Å². The summed E-state index contributed by atoms with van der Waals surface area (Å²) in [6.07, 6.45) is 0. The second kappa shape index (κ2) is 4.05. The number of rotatable bonds is 2. The molecule has 3 heteroatoms. The van der Waals surface area contributed by atoms with Crippen molar-refractivity contribution in [3.63, 3.8) is 0 Å². The minimum atomic E-state index is -0.170. The molecular weight excluding hydrogens is 178 g/mol. The summed E-state index contributed by atoms with van der Waals surface area (Å²) >= 11 is 0. The lowest BCUT2D eigenvalue weighted by atomic mass is 10.1. The van der Waals surface area contributed by atoms with Crippen molar-refractivity contribution in [2.24, 2.45) is 0 Å². The van der Waals surface area contributed by atoms with Crippen LogP contribution in [0, 0.1) is 6.92 Å². The molecule has 0 fully saturated rings. The molecule has 0 spiro atoms. The lowest BCUT2D eigenvalue weighted by molar-refractivity contribution is -0.114. The van der Waals surface area contributed by atoms with Crippen molar-refractivity contribution in [2.45, 2.75) is 20.8 Å². The smallest absolute Gasteiger partial charge is 0.221 e. The third-order valence-corrected chi connectivity index (χ3v) is 1.87. The minimum Gasteiger partial charge on any atom is -0.326 e. The van der Waals surface area contributed by atoms with Crippen LogP contribution < -0.4 is 5.32 Å². The van der Waals surface area contributed by atoms with Gasteiger partial charge in [-0.2, -0.15) is 0 Å². The van der Waals surface area contributed by atoms with Crippen LogP contribution in [0.4, 0.5) is 5.69 Å². The van der Waals surface area contributed by atoms with Crippen LogP contribution in [-0.4, -0.2) is 11.7 Å². The van der Waals surface area contributed by atoms with Gasteiger partial charge in [0.2, 0.25) is 5.91 Å². The number of carbonyl (C=O) groups excluding carboxylic acids is 2. The maximum absolute atomic E-state index is 11.2. The Hall–Kier alpha value is -1.64. The zero-order valence-corrected chi connectivity index (χ0v) is 8.55. The van der Waals surface area contributed by atoms with Crippen molar-refractivity contribution in [3.05, 3.63) is 29.3 Å². The molecule has 1 N–H and O–H groups in total. The Bertz CT molecular complexity index is 383. The van der Waals surface area contributed by atoms with E-state index in [4.69, 9.17) is 0 Å². The highest BCUT2D eigenvalue weighted by atomic mass is 16.1. The van der Waals surface area contributed by atoms with Gasteiger partial charge in [0.15, 0.2) is 5.78 Å². The van der Waals surface area contributed by atoms with Gasteiger partial charge in [-0.15, -0.1) is 0 Å². The van der Waals surface area contributed by atoms with Crippen LogP contribution in [0.1, 0.15) is 29.8 Å². The third kappa shape index (κ3) is 2.42. The first-order valence-electron chi connectivity index (χ1n) is 4.40. The number of Topliss-reactive ketones (excluding diaryl/α,β-unsaturated/α-hetero) is 1. The quantitative estimate of drug-likeness (QED) is 0.728. The van der Waals surface area contributed by atoms with Gasteiger partial charge in [0.25, 0.3) is 0 Å².